The van der Waals surface area contributed by atoms with E-state index in [9.17, 15) is 4.79 Å². The fraction of sp³-hybridized carbons (Fsp3) is 0.462. The zero-order valence-electron chi connectivity index (χ0n) is 10.5. The number of anilines is 1. The van der Waals surface area contributed by atoms with Crippen LogP contribution in [0.5, 0.6) is 5.75 Å². The van der Waals surface area contributed by atoms with Crippen LogP contribution in [0.3, 0.4) is 0 Å². The van der Waals surface area contributed by atoms with Crippen molar-refractivity contribution in [2.75, 3.05) is 32.1 Å². The molecule has 0 spiro atoms. The molecule has 0 unspecified atom stereocenters. The van der Waals surface area contributed by atoms with Crippen LogP contribution < -0.4 is 15.0 Å². The lowest BCUT2D eigenvalue weighted by molar-refractivity contribution is -0.123. The zero-order chi connectivity index (χ0) is 12.4. The predicted molar refractivity (Wildman–Crippen MR) is 67.5 cm³/mol. The van der Waals surface area contributed by atoms with Gasteiger partial charge < -0.3 is 15.0 Å². The Morgan fingerprint density at radius 2 is 2.18 bits per heavy atom. The summed E-state index contributed by atoms with van der Waals surface area (Å²) in [4.78, 5) is 13.8. The molecular formula is C13H18N2O2. The van der Waals surface area contributed by atoms with Gasteiger partial charge in [0.25, 0.3) is 0 Å². The lowest BCUT2D eigenvalue weighted by Crippen LogP contribution is -2.51. The number of benzene rings is 1. The summed E-state index contributed by atoms with van der Waals surface area (Å²) in [7, 11) is 3.43. The van der Waals surface area contributed by atoms with Gasteiger partial charge in [0.2, 0.25) is 5.91 Å². The predicted octanol–water partition coefficient (Wildman–Crippen LogP) is 1.19. The number of carbonyl (C=O) groups is 1. The van der Waals surface area contributed by atoms with Gasteiger partial charge in [0.15, 0.2) is 0 Å². The van der Waals surface area contributed by atoms with E-state index < -0.39 is 0 Å². The molecule has 0 bridgehead atoms. The van der Waals surface area contributed by atoms with Crippen LogP contribution in [0.25, 0.3) is 0 Å². The average Bonchev–Trinajstić information content (AvgIpc) is 2.25. The molecule has 0 aliphatic carbocycles. The van der Waals surface area contributed by atoms with Crippen LogP contribution >= 0.6 is 0 Å². The van der Waals surface area contributed by atoms with Gasteiger partial charge in [-0.3, -0.25) is 4.79 Å². The molecule has 4 nitrogen and oxygen atoms in total. The molecule has 92 valence electrons. The van der Waals surface area contributed by atoms with Gasteiger partial charge >= 0.3 is 0 Å². The highest BCUT2D eigenvalue weighted by atomic mass is 16.5. The van der Waals surface area contributed by atoms with Crippen LogP contribution in [0.1, 0.15) is 5.56 Å². The van der Waals surface area contributed by atoms with Crippen molar-refractivity contribution in [1.82, 2.24) is 5.32 Å². The summed E-state index contributed by atoms with van der Waals surface area (Å²) in [6, 6.07) is 5.85. The van der Waals surface area contributed by atoms with Crippen LogP contribution in [0.4, 0.5) is 5.69 Å². The van der Waals surface area contributed by atoms with Crippen LogP contribution in [-0.4, -0.2) is 33.2 Å². The molecular weight excluding hydrogens is 216 g/mol. The van der Waals surface area contributed by atoms with Crippen molar-refractivity contribution in [3.63, 3.8) is 0 Å². The van der Waals surface area contributed by atoms with Crippen molar-refractivity contribution in [2.45, 2.75) is 6.92 Å². The molecule has 1 aromatic rings. The van der Waals surface area contributed by atoms with Gasteiger partial charge in [-0.25, -0.2) is 0 Å². The van der Waals surface area contributed by atoms with Gasteiger partial charge in [-0.05, 0) is 24.6 Å². The normalized spacial score (nSPS) is 15.2. The van der Waals surface area contributed by atoms with Crippen molar-refractivity contribution in [3.8, 4) is 5.75 Å². The third kappa shape index (κ3) is 2.26. The number of hydrogen-bond acceptors (Lipinski definition) is 3. The molecule has 1 amide bonds. The highest BCUT2D eigenvalue weighted by Crippen LogP contribution is 2.29. The van der Waals surface area contributed by atoms with E-state index in [2.05, 4.69) is 5.32 Å². The number of amides is 1. The summed E-state index contributed by atoms with van der Waals surface area (Å²) < 4.78 is 5.29. The first-order valence-electron chi connectivity index (χ1n) is 5.76. The van der Waals surface area contributed by atoms with Crippen LogP contribution in [0.2, 0.25) is 0 Å². The minimum Gasteiger partial charge on any atom is -0.495 e. The van der Waals surface area contributed by atoms with Crippen molar-refractivity contribution < 1.29 is 9.53 Å². The van der Waals surface area contributed by atoms with Crippen LogP contribution in [-0.2, 0) is 4.79 Å². The monoisotopic (exact) mass is 234 g/mol. The summed E-state index contributed by atoms with van der Waals surface area (Å²) in [5.74, 6) is 0.983. The van der Waals surface area contributed by atoms with Gasteiger partial charge in [-0.2, -0.15) is 0 Å². The van der Waals surface area contributed by atoms with Crippen molar-refractivity contribution >= 4 is 11.6 Å². The van der Waals surface area contributed by atoms with Crippen LogP contribution in [0.15, 0.2) is 18.2 Å². The summed E-state index contributed by atoms with van der Waals surface area (Å²) in [6.07, 6.45) is 0. The number of rotatable bonds is 3. The van der Waals surface area contributed by atoms with Crippen LogP contribution in [0, 0.1) is 12.8 Å². The van der Waals surface area contributed by atoms with Crippen molar-refractivity contribution in [3.05, 3.63) is 23.8 Å². The fourth-order valence-electron chi connectivity index (χ4n) is 1.92. The van der Waals surface area contributed by atoms with E-state index in [1.807, 2.05) is 25.1 Å². The number of aryl methyl sites for hydroxylation is 1. The molecule has 1 heterocycles. The Morgan fingerprint density at radius 3 is 2.71 bits per heavy atom. The fourth-order valence-corrected chi connectivity index (χ4v) is 1.92. The molecule has 1 aliphatic heterocycles. The molecule has 1 saturated heterocycles. The average molecular weight is 234 g/mol. The molecule has 17 heavy (non-hydrogen) atoms. The second-order valence-corrected chi connectivity index (χ2v) is 4.43. The molecule has 1 aliphatic rings. The van der Waals surface area contributed by atoms with Gasteiger partial charge in [-0.15, -0.1) is 0 Å². The van der Waals surface area contributed by atoms with Gasteiger partial charge in [0.1, 0.15) is 5.75 Å². The molecule has 0 aromatic heterocycles. The molecule has 1 aromatic carbocycles. The molecule has 1 N–H and O–H groups in total. The summed E-state index contributed by atoms with van der Waals surface area (Å²) in [6.45, 7) is 3.56. The second-order valence-electron chi connectivity index (χ2n) is 4.43. The number of ether oxygens (including phenoxy) is 1. The first kappa shape index (κ1) is 11.9. The third-order valence-corrected chi connectivity index (χ3v) is 3.16. The van der Waals surface area contributed by atoms with E-state index in [0.29, 0.717) is 0 Å². The molecule has 0 atom stereocenters. The van der Waals surface area contributed by atoms with E-state index >= 15 is 0 Å². The zero-order valence-corrected chi connectivity index (χ0v) is 10.5. The molecule has 0 saturated carbocycles. The Labute approximate surface area is 102 Å². The first-order chi connectivity index (χ1) is 8.13. The Hall–Kier alpha value is -1.55. The quantitative estimate of drug-likeness (QED) is 0.854. The Bertz CT molecular complexity index is 427. The standard InChI is InChI=1S/C13H18N2O2/c1-9-4-5-12(17-3)11(6-9)15(2)13(16)10-7-14-8-10/h4-6,10,14H,7-8H2,1-3H3. The molecule has 2 rings (SSSR count). The van der Waals surface area contributed by atoms with Gasteiger partial charge in [0.05, 0.1) is 18.7 Å². The number of hydrogen-bond donors (Lipinski definition) is 1. The van der Waals surface area contributed by atoms with Gasteiger partial charge in [-0.1, -0.05) is 6.07 Å². The number of carbonyl (C=O) groups excluding carboxylic acids is 1. The maximum Gasteiger partial charge on any atom is 0.232 e. The highest BCUT2D eigenvalue weighted by molar-refractivity contribution is 5.96. The summed E-state index contributed by atoms with van der Waals surface area (Å²) in [5.41, 5.74) is 1.96. The highest BCUT2D eigenvalue weighted by Gasteiger charge is 2.29. The minimum atomic E-state index is 0.102. The topological polar surface area (TPSA) is 41.6 Å². The van der Waals surface area contributed by atoms with E-state index in [-0.39, 0.29) is 11.8 Å². The SMILES string of the molecule is COc1ccc(C)cc1N(C)C(=O)C1CNC1. The summed E-state index contributed by atoms with van der Waals surface area (Å²) in [5, 5.41) is 3.11. The minimum absolute atomic E-state index is 0.102. The Balaban J connectivity index is 2.25. The van der Waals surface area contributed by atoms with Crippen molar-refractivity contribution in [2.24, 2.45) is 5.92 Å². The summed E-state index contributed by atoms with van der Waals surface area (Å²) >= 11 is 0. The van der Waals surface area contributed by atoms with E-state index in [1.165, 1.54) is 0 Å². The second kappa shape index (κ2) is 4.75. The van der Waals surface area contributed by atoms with Gasteiger partial charge in [0, 0.05) is 20.1 Å². The number of nitrogens with one attached hydrogen (secondary N) is 1. The molecule has 1 fully saturated rings. The third-order valence-electron chi connectivity index (χ3n) is 3.16. The van der Waals surface area contributed by atoms with E-state index in [4.69, 9.17) is 4.74 Å². The first-order valence-corrected chi connectivity index (χ1v) is 5.76. The maximum absolute atomic E-state index is 12.1. The largest absolute Gasteiger partial charge is 0.495 e. The Kier molecular flexibility index (Phi) is 3.33. The number of methoxy groups -OCH3 is 1. The lowest BCUT2D eigenvalue weighted by atomic mass is 10.0. The lowest BCUT2D eigenvalue weighted by Gasteiger charge is -2.31. The van der Waals surface area contributed by atoms with E-state index in [0.717, 1.165) is 30.1 Å². The number of nitrogens with zero attached hydrogens (tertiary/aromatic N) is 1. The van der Waals surface area contributed by atoms with E-state index in [1.54, 1.807) is 19.1 Å². The Morgan fingerprint density at radius 1 is 1.47 bits per heavy atom. The smallest absolute Gasteiger partial charge is 0.232 e. The molecule has 0 radical (unpaired) electrons. The maximum atomic E-state index is 12.1. The molecule has 4 heteroatoms. The van der Waals surface area contributed by atoms with Crippen molar-refractivity contribution in [1.29, 1.82) is 0 Å².